The lowest BCUT2D eigenvalue weighted by Gasteiger charge is -2.11. The molecule has 0 bridgehead atoms. The molecule has 0 unspecified atom stereocenters. The number of thioether (sulfide) groups is 1. The number of nitrogens with zero attached hydrogens (tertiary/aromatic N) is 1. The van der Waals surface area contributed by atoms with E-state index in [-0.39, 0.29) is 5.91 Å². The van der Waals surface area contributed by atoms with E-state index in [2.05, 4.69) is 10.3 Å². The summed E-state index contributed by atoms with van der Waals surface area (Å²) in [6, 6.07) is 14.5. The number of anilines is 2. The van der Waals surface area contributed by atoms with E-state index in [0.29, 0.717) is 22.7 Å². The van der Waals surface area contributed by atoms with Crippen LogP contribution in [0.4, 0.5) is 11.4 Å². The summed E-state index contributed by atoms with van der Waals surface area (Å²) in [4.78, 5) is 17.6. The molecule has 0 spiro atoms. The number of amides is 1. The van der Waals surface area contributed by atoms with Crippen molar-refractivity contribution in [2.24, 2.45) is 0 Å². The lowest BCUT2D eigenvalue weighted by molar-refractivity contribution is 0.102. The third-order valence-corrected chi connectivity index (χ3v) is 5.17. The van der Waals surface area contributed by atoms with E-state index >= 15 is 0 Å². The third-order valence-electron chi connectivity index (χ3n) is 4.04. The maximum atomic E-state index is 12.6. The molecule has 0 saturated carbocycles. The third kappa shape index (κ3) is 4.75. The van der Waals surface area contributed by atoms with Gasteiger partial charge in [-0.3, -0.25) is 9.78 Å². The molecule has 1 aromatic heterocycles. The van der Waals surface area contributed by atoms with E-state index in [4.69, 9.17) is 15.2 Å². The number of rotatable bonds is 7. The van der Waals surface area contributed by atoms with Crippen molar-refractivity contribution in [3.05, 3.63) is 72.1 Å². The molecule has 7 heteroatoms. The quantitative estimate of drug-likeness (QED) is 0.583. The molecule has 6 nitrogen and oxygen atoms in total. The summed E-state index contributed by atoms with van der Waals surface area (Å²) >= 11 is 1.60. The molecule has 3 rings (SSSR count). The van der Waals surface area contributed by atoms with Crippen LogP contribution in [-0.2, 0) is 5.75 Å². The molecular formula is C21H21N3O3S. The fourth-order valence-electron chi connectivity index (χ4n) is 2.59. The highest BCUT2D eigenvalue weighted by molar-refractivity contribution is 7.98. The zero-order valence-electron chi connectivity index (χ0n) is 15.6. The number of hydrogen-bond donors (Lipinski definition) is 2. The van der Waals surface area contributed by atoms with Crippen LogP contribution in [0.15, 0.2) is 65.8 Å². The minimum Gasteiger partial charge on any atom is -0.493 e. The second-order valence-corrected chi connectivity index (χ2v) is 6.94. The summed E-state index contributed by atoms with van der Waals surface area (Å²) in [6.45, 7) is 0. The first-order chi connectivity index (χ1) is 13.6. The fourth-order valence-corrected chi connectivity index (χ4v) is 3.46. The van der Waals surface area contributed by atoms with E-state index in [9.17, 15) is 4.79 Å². The Labute approximate surface area is 168 Å². The largest absolute Gasteiger partial charge is 0.493 e. The molecule has 1 heterocycles. The lowest BCUT2D eigenvalue weighted by atomic mass is 10.1. The Morgan fingerprint density at radius 3 is 2.68 bits per heavy atom. The van der Waals surface area contributed by atoms with Gasteiger partial charge in [0, 0.05) is 40.0 Å². The van der Waals surface area contributed by atoms with Gasteiger partial charge in [-0.05, 0) is 42.0 Å². The minimum atomic E-state index is -0.220. The summed E-state index contributed by atoms with van der Waals surface area (Å²) in [5.74, 6) is 1.58. The van der Waals surface area contributed by atoms with Crippen LogP contribution >= 0.6 is 11.8 Å². The van der Waals surface area contributed by atoms with Gasteiger partial charge in [-0.25, -0.2) is 0 Å². The Morgan fingerprint density at radius 2 is 1.93 bits per heavy atom. The van der Waals surface area contributed by atoms with Crippen LogP contribution in [0.3, 0.4) is 0 Å². The molecule has 0 radical (unpaired) electrons. The van der Waals surface area contributed by atoms with Gasteiger partial charge in [-0.2, -0.15) is 0 Å². The summed E-state index contributed by atoms with van der Waals surface area (Å²) in [5, 5.41) is 2.92. The molecule has 0 saturated heterocycles. The van der Waals surface area contributed by atoms with Gasteiger partial charge < -0.3 is 20.5 Å². The van der Waals surface area contributed by atoms with Crippen molar-refractivity contribution in [2.75, 3.05) is 25.3 Å². The minimum absolute atomic E-state index is 0.220. The number of ether oxygens (including phenoxy) is 2. The van der Waals surface area contributed by atoms with Gasteiger partial charge >= 0.3 is 0 Å². The Balaban J connectivity index is 1.69. The molecule has 2 aromatic carbocycles. The van der Waals surface area contributed by atoms with Crippen molar-refractivity contribution in [1.82, 2.24) is 4.98 Å². The molecule has 0 aliphatic heterocycles. The summed E-state index contributed by atoms with van der Waals surface area (Å²) in [5.41, 5.74) is 8.93. The van der Waals surface area contributed by atoms with Crippen LogP contribution in [0.25, 0.3) is 0 Å². The molecule has 0 atom stereocenters. The normalized spacial score (nSPS) is 10.4. The standard InChI is InChI=1S/C21H21N3O3S/c1-26-18-7-6-15(11-19(18)27-2)21(25)24-16-5-3-4-14(10-16)13-28-20-12-23-9-8-17(20)22/h3-12H,13H2,1-2H3,(H2,22,23)(H,24,25). The Kier molecular flexibility index (Phi) is 6.39. The van der Waals surface area contributed by atoms with Crippen LogP contribution in [-0.4, -0.2) is 25.1 Å². The Morgan fingerprint density at radius 1 is 1.11 bits per heavy atom. The Hall–Kier alpha value is -3.19. The van der Waals surface area contributed by atoms with Crippen molar-refractivity contribution in [3.8, 4) is 11.5 Å². The summed E-state index contributed by atoms with van der Waals surface area (Å²) in [6.07, 6.45) is 3.42. The van der Waals surface area contributed by atoms with Crippen LogP contribution in [0.2, 0.25) is 0 Å². The van der Waals surface area contributed by atoms with Gasteiger partial charge in [-0.15, -0.1) is 11.8 Å². The molecule has 0 aliphatic carbocycles. The predicted octanol–water partition coefficient (Wildman–Crippen LogP) is 4.23. The van der Waals surface area contributed by atoms with E-state index in [1.54, 1.807) is 55.5 Å². The van der Waals surface area contributed by atoms with Crippen LogP contribution in [0.1, 0.15) is 15.9 Å². The zero-order valence-corrected chi connectivity index (χ0v) is 16.5. The molecule has 28 heavy (non-hydrogen) atoms. The fraction of sp³-hybridized carbons (Fsp3) is 0.143. The number of nitrogen functional groups attached to an aromatic ring is 1. The molecular weight excluding hydrogens is 374 g/mol. The number of pyridine rings is 1. The number of methoxy groups -OCH3 is 2. The lowest BCUT2D eigenvalue weighted by Crippen LogP contribution is -2.12. The van der Waals surface area contributed by atoms with Crippen molar-refractivity contribution in [2.45, 2.75) is 10.6 Å². The molecule has 144 valence electrons. The van der Waals surface area contributed by atoms with Crippen LogP contribution in [0.5, 0.6) is 11.5 Å². The smallest absolute Gasteiger partial charge is 0.255 e. The topological polar surface area (TPSA) is 86.5 Å². The first kappa shape index (κ1) is 19.6. The first-order valence-corrected chi connectivity index (χ1v) is 9.54. The van der Waals surface area contributed by atoms with Crippen molar-refractivity contribution in [1.29, 1.82) is 0 Å². The second-order valence-electron chi connectivity index (χ2n) is 5.93. The molecule has 3 N–H and O–H groups in total. The maximum absolute atomic E-state index is 12.6. The average Bonchev–Trinajstić information content (AvgIpc) is 2.73. The highest BCUT2D eigenvalue weighted by atomic mass is 32.2. The second kappa shape index (κ2) is 9.14. The van der Waals surface area contributed by atoms with Gasteiger partial charge in [0.15, 0.2) is 11.5 Å². The number of carbonyl (C=O) groups excluding carboxylic acids is 1. The number of benzene rings is 2. The average molecular weight is 395 g/mol. The maximum Gasteiger partial charge on any atom is 0.255 e. The van der Waals surface area contributed by atoms with E-state index in [0.717, 1.165) is 21.9 Å². The van der Waals surface area contributed by atoms with Gasteiger partial charge in [0.1, 0.15) is 0 Å². The summed E-state index contributed by atoms with van der Waals surface area (Å²) < 4.78 is 10.5. The van der Waals surface area contributed by atoms with Crippen LogP contribution in [0, 0.1) is 0 Å². The van der Waals surface area contributed by atoms with Crippen molar-refractivity contribution >= 4 is 29.0 Å². The summed E-state index contributed by atoms with van der Waals surface area (Å²) in [7, 11) is 3.09. The van der Waals surface area contributed by atoms with Crippen LogP contribution < -0.4 is 20.5 Å². The van der Waals surface area contributed by atoms with Gasteiger partial charge in [0.25, 0.3) is 5.91 Å². The van der Waals surface area contributed by atoms with E-state index in [1.807, 2.05) is 24.3 Å². The van der Waals surface area contributed by atoms with Gasteiger partial charge in [0.2, 0.25) is 0 Å². The van der Waals surface area contributed by atoms with Gasteiger partial charge in [0.05, 0.1) is 14.2 Å². The van der Waals surface area contributed by atoms with Crippen molar-refractivity contribution in [3.63, 3.8) is 0 Å². The molecule has 0 fully saturated rings. The molecule has 1 amide bonds. The van der Waals surface area contributed by atoms with Crippen molar-refractivity contribution < 1.29 is 14.3 Å². The highest BCUT2D eigenvalue weighted by Gasteiger charge is 2.11. The van der Waals surface area contributed by atoms with E-state index < -0.39 is 0 Å². The SMILES string of the molecule is COc1ccc(C(=O)Nc2cccc(CSc3cnccc3N)c2)cc1OC. The monoisotopic (exact) mass is 395 g/mol. The number of carbonyl (C=O) groups is 1. The first-order valence-electron chi connectivity index (χ1n) is 8.55. The Bertz CT molecular complexity index is 979. The highest BCUT2D eigenvalue weighted by Crippen LogP contribution is 2.29. The number of aromatic nitrogens is 1. The predicted molar refractivity (Wildman–Crippen MR) is 112 cm³/mol. The van der Waals surface area contributed by atoms with E-state index in [1.165, 1.54) is 7.11 Å². The molecule has 0 aliphatic rings. The zero-order chi connectivity index (χ0) is 19.9. The molecule has 3 aromatic rings. The van der Waals surface area contributed by atoms with Gasteiger partial charge in [-0.1, -0.05) is 12.1 Å². The number of nitrogens with two attached hydrogens (primary N) is 1. The number of nitrogens with one attached hydrogen (secondary N) is 1. The number of hydrogen-bond acceptors (Lipinski definition) is 6.